The maximum Gasteiger partial charge on any atom is 0.573 e. The second-order valence-electron chi connectivity index (χ2n) is 10.9. The van der Waals surface area contributed by atoms with Gasteiger partial charge in [0.15, 0.2) is 6.29 Å². The molecule has 13 heteroatoms. The highest BCUT2D eigenvalue weighted by molar-refractivity contribution is 5.42. The molecule has 0 bridgehead atoms. The SMILES string of the molecule is OC(c1ccc(OC(F)(F)F)cc1)(c1ccc(OC(F)(F)F)cc1)C1CCN(Cc2ccc(OCC3OCCCO3)cc2)CC1. The number of aliphatic hydroxyl groups is 1. The maximum absolute atomic E-state index is 12.7. The van der Waals surface area contributed by atoms with Crippen LogP contribution in [0.4, 0.5) is 26.3 Å². The Hall–Kier alpha value is -3.52. The number of alkyl halides is 6. The van der Waals surface area contributed by atoms with Crippen molar-refractivity contribution in [1.29, 1.82) is 0 Å². The number of hydrogen-bond donors (Lipinski definition) is 1. The third-order valence-corrected chi connectivity index (χ3v) is 7.85. The number of nitrogens with zero attached hydrogens (tertiary/aromatic N) is 1. The summed E-state index contributed by atoms with van der Waals surface area (Å²) in [6.45, 7) is 3.44. The summed E-state index contributed by atoms with van der Waals surface area (Å²) in [5, 5.41) is 12.2. The van der Waals surface area contributed by atoms with E-state index in [0.717, 1.165) is 36.2 Å². The Labute approximate surface area is 256 Å². The zero-order chi connectivity index (χ0) is 32.1. The predicted octanol–water partition coefficient (Wildman–Crippen LogP) is 6.77. The highest BCUT2D eigenvalue weighted by Crippen LogP contribution is 2.43. The third kappa shape index (κ3) is 9.03. The lowest BCUT2D eigenvalue weighted by atomic mass is 9.72. The molecule has 2 aliphatic heterocycles. The molecule has 7 nitrogen and oxygen atoms in total. The van der Waals surface area contributed by atoms with Crippen molar-refractivity contribution < 1.29 is 55.1 Å². The van der Waals surface area contributed by atoms with Crippen LogP contribution in [-0.4, -0.2) is 61.9 Å². The monoisotopic (exact) mass is 641 g/mol. The van der Waals surface area contributed by atoms with Gasteiger partial charge in [-0.15, -0.1) is 26.3 Å². The van der Waals surface area contributed by atoms with Crippen LogP contribution in [0, 0.1) is 5.92 Å². The van der Waals surface area contributed by atoms with Crippen LogP contribution in [-0.2, 0) is 21.6 Å². The van der Waals surface area contributed by atoms with Crippen molar-refractivity contribution in [1.82, 2.24) is 4.90 Å². The van der Waals surface area contributed by atoms with Crippen LogP contribution in [0.1, 0.15) is 36.0 Å². The third-order valence-electron chi connectivity index (χ3n) is 7.85. The molecule has 3 aromatic rings. The molecule has 244 valence electrons. The summed E-state index contributed by atoms with van der Waals surface area (Å²) in [5.41, 5.74) is -0.0643. The van der Waals surface area contributed by atoms with Crippen molar-refractivity contribution in [2.75, 3.05) is 32.9 Å². The lowest BCUT2D eigenvalue weighted by molar-refractivity contribution is -0.275. The molecule has 2 heterocycles. The first-order valence-corrected chi connectivity index (χ1v) is 14.5. The van der Waals surface area contributed by atoms with E-state index in [2.05, 4.69) is 14.4 Å². The molecular weight excluding hydrogens is 608 g/mol. The van der Waals surface area contributed by atoms with Crippen LogP contribution in [0.3, 0.4) is 0 Å². The number of piperidine rings is 1. The van der Waals surface area contributed by atoms with Gasteiger partial charge in [-0.25, -0.2) is 0 Å². The topological polar surface area (TPSA) is 69.6 Å². The van der Waals surface area contributed by atoms with Crippen LogP contribution in [0.5, 0.6) is 17.2 Å². The number of likely N-dealkylation sites (tertiary alicyclic amines) is 1. The van der Waals surface area contributed by atoms with Crippen molar-refractivity contribution >= 4 is 0 Å². The molecule has 5 rings (SSSR count). The van der Waals surface area contributed by atoms with Crippen LogP contribution in [0.25, 0.3) is 0 Å². The van der Waals surface area contributed by atoms with E-state index in [1.165, 1.54) is 24.3 Å². The first kappa shape index (κ1) is 32.9. The van der Waals surface area contributed by atoms with Gasteiger partial charge in [-0.2, -0.15) is 0 Å². The van der Waals surface area contributed by atoms with Gasteiger partial charge in [0.2, 0.25) is 0 Å². The highest BCUT2D eigenvalue weighted by Gasteiger charge is 2.42. The average molecular weight is 642 g/mol. The summed E-state index contributed by atoms with van der Waals surface area (Å²) in [5.74, 6) is -0.607. The molecular formula is C32H33F6NO6. The van der Waals surface area contributed by atoms with Gasteiger partial charge in [0, 0.05) is 6.54 Å². The van der Waals surface area contributed by atoms with E-state index in [1.807, 2.05) is 24.3 Å². The van der Waals surface area contributed by atoms with Crippen LogP contribution in [0.2, 0.25) is 0 Å². The molecule has 0 amide bonds. The summed E-state index contributed by atoms with van der Waals surface area (Å²) in [7, 11) is 0. The van der Waals surface area contributed by atoms with Gasteiger partial charge in [-0.3, -0.25) is 4.90 Å². The van der Waals surface area contributed by atoms with E-state index >= 15 is 0 Å². The van der Waals surface area contributed by atoms with Crippen molar-refractivity contribution in [3.05, 3.63) is 89.5 Å². The average Bonchev–Trinajstić information content (AvgIpc) is 3.00. The van der Waals surface area contributed by atoms with E-state index in [1.54, 1.807) is 0 Å². The zero-order valence-corrected chi connectivity index (χ0v) is 24.2. The Morgan fingerprint density at radius 1 is 0.689 bits per heavy atom. The number of halogens is 6. The smallest absolute Gasteiger partial charge is 0.488 e. The second-order valence-corrected chi connectivity index (χ2v) is 10.9. The summed E-state index contributed by atoms with van der Waals surface area (Å²) >= 11 is 0. The lowest BCUT2D eigenvalue weighted by Gasteiger charge is -2.42. The second kappa shape index (κ2) is 13.9. The first-order chi connectivity index (χ1) is 21.4. The van der Waals surface area contributed by atoms with Crippen molar-refractivity contribution in [2.45, 2.75) is 50.4 Å². The molecule has 1 N–H and O–H groups in total. The van der Waals surface area contributed by atoms with Gasteiger partial charge in [0.25, 0.3) is 0 Å². The van der Waals surface area contributed by atoms with Crippen LogP contribution < -0.4 is 14.2 Å². The fourth-order valence-corrected chi connectivity index (χ4v) is 5.71. The van der Waals surface area contributed by atoms with Crippen LogP contribution >= 0.6 is 0 Å². The minimum atomic E-state index is -4.88. The molecule has 3 aromatic carbocycles. The molecule has 2 saturated heterocycles. The Morgan fingerprint density at radius 2 is 1.16 bits per heavy atom. The van der Waals surface area contributed by atoms with E-state index in [-0.39, 0.29) is 6.29 Å². The van der Waals surface area contributed by atoms with Crippen LogP contribution in [0.15, 0.2) is 72.8 Å². The fourth-order valence-electron chi connectivity index (χ4n) is 5.71. The van der Waals surface area contributed by atoms with Crippen molar-refractivity contribution in [3.63, 3.8) is 0 Å². The number of benzene rings is 3. The Kier molecular flexibility index (Phi) is 10.1. The normalized spacial score (nSPS) is 17.7. The zero-order valence-electron chi connectivity index (χ0n) is 24.2. The molecule has 0 aromatic heterocycles. The number of ether oxygens (including phenoxy) is 5. The summed E-state index contributed by atoms with van der Waals surface area (Å²) in [4.78, 5) is 2.22. The first-order valence-electron chi connectivity index (χ1n) is 14.5. The molecule has 0 radical (unpaired) electrons. The molecule has 2 aliphatic rings. The predicted molar refractivity (Wildman–Crippen MR) is 149 cm³/mol. The molecule has 0 saturated carbocycles. The largest absolute Gasteiger partial charge is 0.573 e. The molecule has 0 atom stereocenters. The van der Waals surface area contributed by atoms with Crippen molar-refractivity contribution in [2.24, 2.45) is 5.92 Å². The van der Waals surface area contributed by atoms with E-state index in [0.29, 0.717) is 69.2 Å². The van der Waals surface area contributed by atoms with Crippen molar-refractivity contribution in [3.8, 4) is 17.2 Å². The molecule has 0 spiro atoms. The molecule has 0 unspecified atom stereocenters. The molecule has 2 fully saturated rings. The quantitative estimate of drug-likeness (QED) is 0.245. The highest BCUT2D eigenvalue weighted by atomic mass is 19.4. The minimum absolute atomic E-state index is 0.291. The molecule has 0 aliphatic carbocycles. The Balaban J connectivity index is 1.26. The fraction of sp³-hybridized carbons (Fsp3) is 0.438. The van der Waals surface area contributed by atoms with E-state index in [9.17, 15) is 31.4 Å². The van der Waals surface area contributed by atoms with E-state index < -0.39 is 35.7 Å². The van der Waals surface area contributed by atoms with Gasteiger partial charge in [0.1, 0.15) is 29.5 Å². The van der Waals surface area contributed by atoms with Gasteiger partial charge in [-0.1, -0.05) is 36.4 Å². The number of hydrogen-bond acceptors (Lipinski definition) is 7. The van der Waals surface area contributed by atoms with Gasteiger partial charge < -0.3 is 28.8 Å². The van der Waals surface area contributed by atoms with Gasteiger partial charge in [-0.05, 0) is 91.4 Å². The van der Waals surface area contributed by atoms with Gasteiger partial charge in [0.05, 0.1) is 13.2 Å². The molecule has 45 heavy (non-hydrogen) atoms. The standard InChI is InChI=1S/C32H33F6NO6/c33-31(34,35)44-27-10-4-23(5-11-27)30(40,24-6-12-28(13-7-24)45-32(36,37)38)25-14-16-39(17-15-25)20-22-2-8-26(9-3-22)43-21-29-41-18-1-19-42-29/h2-13,25,29,40H,1,14-21H2. The van der Waals surface area contributed by atoms with Gasteiger partial charge >= 0.3 is 12.7 Å². The Bertz CT molecular complexity index is 1290. The lowest BCUT2D eigenvalue weighted by Crippen LogP contribution is -2.44. The summed E-state index contributed by atoms with van der Waals surface area (Å²) in [6.07, 6.45) is -8.25. The minimum Gasteiger partial charge on any atom is -0.488 e. The Morgan fingerprint density at radius 3 is 1.62 bits per heavy atom. The summed E-state index contributed by atoms with van der Waals surface area (Å²) < 4.78 is 101. The summed E-state index contributed by atoms with van der Waals surface area (Å²) in [6, 6.07) is 17.5. The van der Waals surface area contributed by atoms with E-state index in [4.69, 9.17) is 14.2 Å². The number of rotatable bonds is 10. The maximum atomic E-state index is 12.7.